The summed E-state index contributed by atoms with van der Waals surface area (Å²) >= 11 is 2.62. The lowest BCUT2D eigenvalue weighted by Gasteiger charge is -2.24. The molecule has 164 valence electrons. The molecule has 9 heteroatoms. The molecule has 3 aromatic rings. The van der Waals surface area contributed by atoms with E-state index in [4.69, 9.17) is 15.0 Å². The van der Waals surface area contributed by atoms with Gasteiger partial charge in [0.1, 0.15) is 22.8 Å². The summed E-state index contributed by atoms with van der Waals surface area (Å²) in [6.07, 6.45) is 2.13. The number of hydrogen-bond acceptors (Lipinski definition) is 7. The SMILES string of the molecule is CN1C(C(=O)O)=CSC1n1nc(C2CC2)c(Oc2ccc(SN)cc2)c1-c1ccccc1. The minimum Gasteiger partial charge on any atom is -0.477 e. The van der Waals surface area contributed by atoms with Gasteiger partial charge in [0.2, 0.25) is 0 Å². The van der Waals surface area contributed by atoms with Crippen molar-refractivity contribution in [1.29, 1.82) is 0 Å². The molecule has 1 unspecified atom stereocenters. The van der Waals surface area contributed by atoms with Gasteiger partial charge in [-0.2, -0.15) is 5.10 Å². The van der Waals surface area contributed by atoms with E-state index >= 15 is 0 Å². The van der Waals surface area contributed by atoms with Crippen molar-refractivity contribution in [3.63, 3.8) is 0 Å². The average Bonchev–Trinajstić information content (AvgIpc) is 3.48. The Morgan fingerprint density at radius 3 is 2.50 bits per heavy atom. The third-order valence-corrected chi connectivity index (χ3v) is 7.19. The van der Waals surface area contributed by atoms with E-state index in [1.165, 1.54) is 23.7 Å². The molecule has 1 atom stereocenters. The van der Waals surface area contributed by atoms with Gasteiger partial charge >= 0.3 is 5.97 Å². The van der Waals surface area contributed by atoms with E-state index in [0.717, 1.165) is 40.4 Å². The van der Waals surface area contributed by atoms with Gasteiger partial charge in [0.05, 0.1) is 0 Å². The molecule has 1 aromatic heterocycles. The maximum absolute atomic E-state index is 11.6. The van der Waals surface area contributed by atoms with Crippen LogP contribution in [0.5, 0.6) is 11.5 Å². The molecule has 7 nitrogen and oxygen atoms in total. The van der Waals surface area contributed by atoms with Gasteiger partial charge in [0, 0.05) is 28.8 Å². The molecule has 0 bridgehead atoms. The topological polar surface area (TPSA) is 93.6 Å². The summed E-state index contributed by atoms with van der Waals surface area (Å²) in [6.45, 7) is 0. The Morgan fingerprint density at radius 1 is 1.19 bits per heavy atom. The highest BCUT2D eigenvalue weighted by Gasteiger charge is 2.38. The van der Waals surface area contributed by atoms with Crippen LogP contribution in [-0.4, -0.2) is 32.8 Å². The predicted octanol–water partition coefficient (Wildman–Crippen LogP) is 5.25. The van der Waals surface area contributed by atoms with E-state index in [9.17, 15) is 9.90 Å². The van der Waals surface area contributed by atoms with E-state index in [-0.39, 0.29) is 11.2 Å². The molecule has 0 saturated heterocycles. The number of nitrogens with two attached hydrogens (primary N) is 1. The highest BCUT2D eigenvalue weighted by molar-refractivity contribution is 8.02. The fraction of sp³-hybridized carbons (Fsp3) is 0.217. The number of carboxylic acids is 1. The first-order chi connectivity index (χ1) is 15.6. The van der Waals surface area contributed by atoms with Crippen LogP contribution in [0.4, 0.5) is 0 Å². The number of carboxylic acid groups (broad SMARTS) is 1. The van der Waals surface area contributed by atoms with Gasteiger partial charge in [0.15, 0.2) is 11.2 Å². The number of hydrogen-bond donors (Lipinski definition) is 2. The Morgan fingerprint density at radius 2 is 1.91 bits per heavy atom. The van der Waals surface area contributed by atoms with E-state index in [2.05, 4.69) is 0 Å². The molecule has 2 aliphatic rings. The number of thioether (sulfide) groups is 1. The van der Waals surface area contributed by atoms with Gasteiger partial charge in [-0.1, -0.05) is 42.1 Å². The van der Waals surface area contributed by atoms with Gasteiger partial charge in [-0.25, -0.2) is 9.48 Å². The van der Waals surface area contributed by atoms with Crippen LogP contribution in [0.1, 0.15) is 30.0 Å². The standard InChI is InChI=1S/C23H22N4O3S2/c1-26-18(22(28)29)13-31-23(26)27-20(15-5-3-2-4-6-15)21(19(25-27)14-7-8-14)30-16-9-11-17(32-24)12-10-16/h2-6,9-14,23H,7-8,24H2,1H3,(H,28,29). The Bertz CT molecular complexity index is 1170. The van der Waals surface area contributed by atoms with Crippen molar-refractivity contribution < 1.29 is 14.6 Å². The van der Waals surface area contributed by atoms with Gasteiger partial charge in [-0.05, 0) is 49.1 Å². The van der Waals surface area contributed by atoms with Crippen molar-refractivity contribution in [2.45, 2.75) is 29.2 Å². The van der Waals surface area contributed by atoms with Crippen LogP contribution in [0.2, 0.25) is 0 Å². The van der Waals surface area contributed by atoms with Gasteiger partial charge in [-0.15, -0.1) is 0 Å². The summed E-state index contributed by atoms with van der Waals surface area (Å²) in [5.74, 6) is 0.826. The Kier molecular flexibility index (Phi) is 5.62. The lowest BCUT2D eigenvalue weighted by molar-refractivity contribution is -0.134. The fourth-order valence-corrected chi connectivity index (χ4v) is 5.10. The molecule has 0 radical (unpaired) electrons. The lowest BCUT2D eigenvalue weighted by atomic mass is 10.1. The summed E-state index contributed by atoms with van der Waals surface area (Å²) in [5, 5.41) is 21.8. The smallest absolute Gasteiger partial charge is 0.352 e. The van der Waals surface area contributed by atoms with Crippen molar-refractivity contribution in [3.8, 4) is 22.8 Å². The number of rotatable bonds is 7. The number of ether oxygens (including phenoxy) is 1. The largest absolute Gasteiger partial charge is 0.477 e. The van der Waals surface area contributed by atoms with Crippen molar-refractivity contribution in [1.82, 2.24) is 14.7 Å². The Hall–Kier alpha value is -2.88. The van der Waals surface area contributed by atoms with E-state index in [1.807, 2.05) is 59.3 Å². The van der Waals surface area contributed by atoms with Crippen LogP contribution in [0.15, 0.2) is 70.6 Å². The zero-order valence-electron chi connectivity index (χ0n) is 17.3. The third kappa shape index (κ3) is 3.87. The minimum atomic E-state index is -0.951. The fourth-order valence-electron chi connectivity index (χ4n) is 3.73. The van der Waals surface area contributed by atoms with E-state index in [0.29, 0.717) is 11.7 Å². The van der Waals surface area contributed by atoms with Crippen molar-refractivity contribution in [2.75, 3.05) is 7.05 Å². The van der Waals surface area contributed by atoms with Crippen molar-refractivity contribution in [2.24, 2.45) is 5.14 Å². The van der Waals surface area contributed by atoms with Crippen LogP contribution >= 0.6 is 23.7 Å². The third-order valence-electron chi connectivity index (χ3n) is 5.52. The number of aliphatic carboxylic acids is 1. The number of likely N-dealkylation sites (N-methyl/N-ethyl adjacent to an activating group) is 1. The monoisotopic (exact) mass is 466 g/mol. The second-order valence-electron chi connectivity index (χ2n) is 7.72. The maximum atomic E-state index is 11.6. The predicted molar refractivity (Wildman–Crippen MR) is 126 cm³/mol. The van der Waals surface area contributed by atoms with Crippen molar-refractivity contribution >= 4 is 29.7 Å². The zero-order chi connectivity index (χ0) is 22.2. The molecule has 2 aromatic carbocycles. The second-order valence-corrected chi connectivity index (χ2v) is 9.36. The number of carbonyl (C=O) groups is 1. The Balaban J connectivity index is 1.62. The van der Waals surface area contributed by atoms with Gasteiger partial charge in [0.25, 0.3) is 0 Å². The average molecular weight is 467 g/mol. The number of nitrogens with zero attached hydrogens (tertiary/aromatic N) is 3. The van der Waals surface area contributed by atoms with Crippen LogP contribution < -0.4 is 9.88 Å². The molecule has 0 spiro atoms. The van der Waals surface area contributed by atoms with E-state index in [1.54, 1.807) is 17.4 Å². The maximum Gasteiger partial charge on any atom is 0.352 e. The van der Waals surface area contributed by atoms with Crippen LogP contribution in [-0.2, 0) is 4.79 Å². The summed E-state index contributed by atoms with van der Waals surface area (Å²) in [5.41, 5.74) is 2.66. The molecular weight excluding hydrogens is 444 g/mol. The first-order valence-corrected chi connectivity index (χ1v) is 12.0. The Labute approximate surface area is 194 Å². The van der Waals surface area contributed by atoms with Crippen LogP contribution in [0.3, 0.4) is 0 Å². The number of aromatic nitrogens is 2. The number of benzene rings is 2. The highest BCUT2D eigenvalue weighted by atomic mass is 32.2. The summed E-state index contributed by atoms with van der Waals surface area (Å²) in [7, 11) is 1.78. The molecule has 1 fully saturated rings. The highest BCUT2D eigenvalue weighted by Crippen LogP contribution is 2.51. The minimum absolute atomic E-state index is 0.250. The molecule has 0 amide bonds. The van der Waals surface area contributed by atoms with Gasteiger partial charge in [-0.3, -0.25) is 5.14 Å². The molecular formula is C23H22N4O3S2. The molecule has 1 saturated carbocycles. The lowest BCUT2D eigenvalue weighted by Crippen LogP contribution is -2.27. The van der Waals surface area contributed by atoms with Crippen LogP contribution in [0, 0.1) is 0 Å². The second kappa shape index (κ2) is 8.57. The molecule has 32 heavy (non-hydrogen) atoms. The first-order valence-electron chi connectivity index (χ1n) is 10.2. The molecule has 5 rings (SSSR count). The zero-order valence-corrected chi connectivity index (χ0v) is 19.0. The molecule has 2 heterocycles. The normalized spacial score (nSPS) is 18.0. The summed E-state index contributed by atoms with van der Waals surface area (Å²) < 4.78 is 8.35. The summed E-state index contributed by atoms with van der Waals surface area (Å²) in [6, 6.07) is 17.6. The van der Waals surface area contributed by atoms with E-state index < -0.39 is 5.97 Å². The van der Waals surface area contributed by atoms with Crippen LogP contribution in [0.25, 0.3) is 11.3 Å². The van der Waals surface area contributed by atoms with Crippen molar-refractivity contribution in [3.05, 3.63) is 71.4 Å². The summed E-state index contributed by atoms with van der Waals surface area (Å²) in [4.78, 5) is 14.3. The molecule has 1 aliphatic heterocycles. The van der Waals surface area contributed by atoms with Gasteiger partial charge < -0.3 is 14.7 Å². The molecule has 3 N–H and O–H groups in total. The quantitative estimate of drug-likeness (QED) is 0.456. The molecule has 1 aliphatic carbocycles. The first kappa shape index (κ1) is 21.0.